The highest BCUT2D eigenvalue weighted by Gasteiger charge is 2.56. The van der Waals surface area contributed by atoms with Gasteiger partial charge >= 0.3 is 0 Å². The standard InChI is InChI=1S/C18H18ClN3O2S/c1-12-9-21(16(23)14-3-2-4-15(19)20-14)11-18(12)6-7-22(17(18)24)13-5-8-25-10-13/h2-5,8,10,12H,6-7,9,11H2,1H3/t12-,18-/m1/s1. The Bertz CT molecular complexity index is 825. The molecule has 2 amide bonds. The van der Waals surface area contributed by atoms with Crippen LogP contribution in [0.4, 0.5) is 5.69 Å². The Kier molecular flexibility index (Phi) is 4.04. The van der Waals surface area contributed by atoms with E-state index in [1.54, 1.807) is 34.4 Å². The zero-order valence-corrected chi connectivity index (χ0v) is 15.4. The monoisotopic (exact) mass is 375 g/mol. The fraction of sp³-hybridized carbons (Fsp3) is 0.389. The molecular formula is C18H18ClN3O2S. The lowest BCUT2D eigenvalue weighted by Gasteiger charge is -2.26. The van der Waals surface area contributed by atoms with E-state index in [9.17, 15) is 9.59 Å². The molecule has 0 N–H and O–H groups in total. The van der Waals surface area contributed by atoms with E-state index < -0.39 is 5.41 Å². The van der Waals surface area contributed by atoms with Crippen molar-refractivity contribution in [3.63, 3.8) is 0 Å². The third kappa shape index (κ3) is 2.64. The molecule has 0 aliphatic carbocycles. The van der Waals surface area contributed by atoms with Gasteiger partial charge in [-0.05, 0) is 35.9 Å². The number of carbonyl (C=O) groups is 2. The molecular weight excluding hydrogens is 358 g/mol. The first-order chi connectivity index (χ1) is 12.0. The normalized spacial score (nSPS) is 26.0. The first-order valence-electron chi connectivity index (χ1n) is 8.27. The topological polar surface area (TPSA) is 53.5 Å². The second-order valence-corrected chi connectivity index (χ2v) is 7.94. The first-order valence-corrected chi connectivity index (χ1v) is 9.59. The van der Waals surface area contributed by atoms with Crippen LogP contribution in [0.2, 0.25) is 5.15 Å². The van der Waals surface area contributed by atoms with Crippen LogP contribution >= 0.6 is 22.9 Å². The van der Waals surface area contributed by atoms with E-state index in [1.165, 1.54) is 0 Å². The minimum Gasteiger partial charge on any atom is -0.336 e. The summed E-state index contributed by atoms with van der Waals surface area (Å²) in [6.45, 7) is 3.78. The molecule has 1 spiro atoms. The van der Waals surface area contributed by atoms with E-state index in [0.29, 0.717) is 30.5 Å². The molecule has 5 nitrogen and oxygen atoms in total. The molecule has 2 saturated heterocycles. The smallest absolute Gasteiger partial charge is 0.272 e. The van der Waals surface area contributed by atoms with E-state index in [0.717, 1.165) is 12.1 Å². The predicted octanol–water partition coefficient (Wildman–Crippen LogP) is 3.31. The maximum absolute atomic E-state index is 13.2. The van der Waals surface area contributed by atoms with Gasteiger partial charge in [0.1, 0.15) is 10.8 Å². The molecule has 0 bridgehead atoms. The number of halogens is 1. The lowest BCUT2D eigenvalue weighted by atomic mass is 9.78. The van der Waals surface area contributed by atoms with Crippen molar-refractivity contribution in [1.29, 1.82) is 0 Å². The Labute approximate surface area is 155 Å². The number of rotatable bonds is 2. The lowest BCUT2D eigenvalue weighted by molar-refractivity contribution is -0.126. The van der Waals surface area contributed by atoms with Crippen LogP contribution in [-0.2, 0) is 4.79 Å². The van der Waals surface area contributed by atoms with Crippen LogP contribution in [0.1, 0.15) is 23.8 Å². The third-order valence-electron chi connectivity index (χ3n) is 5.40. The van der Waals surface area contributed by atoms with E-state index in [1.807, 2.05) is 21.7 Å². The first kappa shape index (κ1) is 16.5. The van der Waals surface area contributed by atoms with Crippen molar-refractivity contribution in [2.45, 2.75) is 13.3 Å². The largest absolute Gasteiger partial charge is 0.336 e. The lowest BCUT2D eigenvalue weighted by Crippen LogP contribution is -2.40. The van der Waals surface area contributed by atoms with Crippen LogP contribution in [0.3, 0.4) is 0 Å². The molecule has 2 atom stereocenters. The molecule has 130 valence electrons. The number of aromatic nitrogens is 1. The maximum atomic E-state index is 13.2. The van der Waals surface area contributed by atoms with Crippen molar-refractivity contribution < 1.29 is 9.59 Å². The molecule has 2 aliphatic rings. The molecule has 7 heteroatoms. The summed E-state index contributed by atoms with van der Waals surface area (Å²) in [4.78, 5) is 33.7. The van der Waals surface area contributed by atoms with Crippen molar-refractivity contribution >= 4 is 40.4 Å². The molecule has 0 unspecified atom stereocenters. The van der Waals surface area contributed by atoms with Crippen molar-refractivity contribution in [1.82, 2.24) is 9.88 Å². The molecule has 2 aliphatic heterocycles. The van der Waals surface area contributed by atoms with Crippen LogP contribution in [0.5, 0.6) is 0 Å². The van der Waals surface area contributed by atoms with Gasteiger partial charge < -0.3 is 9.80 Å². The quantitative estimate of drug-likeness (QED) is 0.757. The highest BCUT2D eigenvalue weighted by atomic mass is 35.5. The van der Waals surface area contributed by atoms with E-state index in [4.69, 9.17) is 11.6 Å². The van der Waals surface area contributed by atoms with Gasteiger partial charge in [-0.25, -0.2) is 4.98 Å². The number of nitrogens with zero attached hydrogens (tertiary/aromatic N) is 3. The Morgan fingerprint density at radius 2 is 2.24 bits per heavy atom. The fourth-order valence-electron chi connectivity index (χ4n) is 3.96. The van der Waals surface area contributed by atoms with Crippen LogP contribution < -0.4 is 4.90 Å². The van der Waals surface area contributed by atoms with Crippen molar-refractivity contribution in [2.24, 2.45) is 11.3 Å². The molecule has 2 fully saturated rings. The van der Waals surface area contributed by atoms with E-state index in [2.05, 4.69) is 11.9 Å². The minimum absolute atomic E-state index is 0.117. The van der Waals surface area contributed by atoms with Gasteiger partial charge in [0, 0.05) is 25.0 Å². The van der Waals surface area contributed by atoms with Gasteiger partial charge in [-0.1, -0.05) is 24.6 Å². The van der Waals surface area contributed by atoms with Gasteiger partial charge in [0.15, 0.2) is 0 Å². The van der Waals surface area contributed by atoms with Gasteiger partial charge in [0.05, 0.1) is 11.1 Å². The summed E-state index contributed by atoms with van der Waals surface area (Å²) >= 11 is 7.49. The van der Waals surface area contributed by atoms with Gasteiger partial charge in [0.25, 0.3) is 5.91 Å². The molecule has 0 aromatic carbocycles. The number of likely N-dealkylation sites (tertiary alicyclic amines) is 1. The Morgan fingerprint density at radius 1 is 1.40 bits per heavy atom. The summed E-state index contributed by atoms with van der Waals surface area (Å²) in [7, 11) is 0. The van der Waals surface area contributed by atoms with Gasteiger partial charge in [-0.2, -0.15) is 11.3 Å². The molecule has 2 aromatic heterocycles. The zero-order chi connectivity index (χ0) is 17.6. The van der Waals surface area contributed by atoms with E-state index >= 15 is 0 Å². The molecule has 0 saturated carbocycles. The molecule has 25 heavy (non-hydrogen) atoms. The number of hydrogen-bond donors (Lipinski definition) is 0. The molecule has 0 radical (unpaired) electrons. The van der Waals surface area contributed by atoms with Crippen LogP contribution in [0.15, 0.2) is 35.0 Å². The summed E-state index contributed by atoms with van der Waals surface area (Å²) in [5.41, 5.74) is 0.799. The summed E-state index contributed by atoms with van der Waals surface area (Å²) in [5, 5.41) is 4.27. The van der Waals surface area contributed by atoms with Gasteiger partial charge in [-0.3, -0.25) is 9.59 Å². The SMILES string of the molecule is C[C@@H]1CN(C(=O)c2cccc(Cl)n2)C[C@]12CCN(c1ccsc1)C2=O. The summed E-state index contributed by atoms with van der Waals surface area (Å²) in [6, 6.07) is 7.00. The number of pyridine rings is 1. The van der Waals surface area contributed by atoms with Crippen LogP contribution in [-0.4, -0.2) is 41.3 Å². The number of amides is 2. The summed E-state index contributed by atoms with van der Waals surface area (Å²) in [6.07, 6.45) is 0.773. The average Bonchev–Trinajstić information content (AvgIpc) is 3.30. The number of anilines is 1. The second kappa shape index (κ2) is 6.11. The maximum Gasteiger partial charge on any atom is 0.272 e. The van der Waals surface area contributed by atoms with Crippen molar-refractivity contribution in [3.8, 4) is 0 Å². The van der Waals surface area contributed by atoms with E-state index in [-0.39, 0.29) is 17.7 Å². The molecule has 4 rings (SSSR count). The van der Waals surface area contributed by atoms with Crippen LogP contribution in [0.25, 0.3) is 0 Å². The van der Waals surface area contributed by atoms with Crippen molar-refractivity contribution in [2.75, 3.05) is 24.5 Å². The number of thiophene rings is 1. The highest BCUT2D eigenvalue weighted by molar-refractivity contribution is 7.08. The number of carbonyl (C=O) groups excluding carboxylic acids is 2. The zero-order valence-electron chi connectivity index (χ0n) is 13.8. The fourth-order valence-corrected chi connectivity index (χ4v) is 4.77. The summed E-state index contributed by atoms with van der Waals surface area (Å²) in [5.74, 6) is 0.0903. The van der Waals surface area contributed by atoms with Crippen LogP contribution in [0, 0.1) is 11.3 Å². The van der Waals surface area contributed by atoms with Crippen molar-refractivity contribution in [3.05, 3.63) is 45.9 Å². The minimum atomic E-state index is -0.490. The van der Waals surface area contributed by atoms with Gasteiger partial charge in [-0.15, -0.1) is 0 Å². The average molecular weight is 376 g/mol. The number of hydrogen-bond acceptors (Lipinski definition) is 4. The second-order valence-electron chi connectivity index (χ2n) is 6.78. The molecule has 2 aromatic rings. The highest BCUT2D eigenvalue weighted by Crippen LogP contribution is 2.46. The Balaban J connectivity index is 1.57. The molecule has 4 heterocycles. The third-order valence-corrected chi connectivity index (χ3v) is 6.28. The van der Waals surface area contributed by atoms with Gasteiger partial charge in [0.2, 0.25) is 5.91 Å². The summed E-state index contributed by atoms with van der Waals surface area (Å²) < 4.78 is 0. The Hall–Kier alpha value is -1.92. The predicted molar refractivity (Wildman–Crippen MR) is 98.0 cm³/mol. The Morgan fingerprint density at radius 3 is 2.96 bits per heavy atom.